The van der Waals surface area contributed by atoms with Crippen LogP contribution in [-0.2, 0) is 6.42 Å². The molecule has 1 N–H and O–H groups in total. The number of hydrogen-bond donors (Lipinski definition) is 1. The van der Waals surface area contributed by atoms with Crippen molar-refractivity contribution in [3.05, 3.63) is 33.6 Å². The third-order valence-electron chi connectivity index (χ3n) is 2.49. The Labute approximate surface area is 109 Å². The normalized spacial score (nSPS) is 10.5. The molecule has 0 aliphatic rings. The van der Waals surface area contributed by atoms with E-state index in [4.69, 9.17) is 0 Å². The Balaban J connectivity index is 1.97. The van der Waals surface area contributed by atoms with Crippen molar-refractivity contribution in [1.29, 1.82) is 0 Å². The lowest BCUT2D eigenvalue weighted by atomic mass is 10.2. The third kappa shape index (κ3) is 2.92. The molecule has 0 aromatic carbocycles. The van der Waals surface area contributed by atoms with Crippen molar-refractivity contribution in [2.24, 2.45) is 0 Å². The van der Waals surface area contributed by atoms with Crippen LogP contribution in [0.25, 0.3) is 0 Å². The van der Waals surface area contributed by atoms with Crippen molar-refractivity contribution in [2.75, 3.05) is 11.9 Å². The quantitative estimate of drug-likeness (QED) is 0.844. The van der Waals surface area contributed by atoms with Gasteiger partial charge < -0.3 is 5.32 Å². The number of rotatable bonds is 5. The van der Waals surface area contributed by atoms with Gasteiger partial charge in [-0.3, -0.25) is 4.79 Å². The minimum atomic E-state index is 0.0780. The first kappa shape index (κ1) is 12.3. The zero-order valence-corrected chi connectivity index (χ0v) is 11.5. The number of thiophene rings is 1. The minimum Gasteiger partial charge on any atom is -0.375 e. The molecule has 5 heteroatoms. The van der Waals surface area contributed by atoms with E-state index >= 15 is 0 Å². The number of aryl methyl sites for hydroxylation is 1. The number of nitrogens with zero attached hydrogens (tertiary/aromatic N) is 1. The molecule has 0 spiro atoms. The largest absolute Gasteiger partial charge is 0.375 e. The molecule has 0 unspecified atom stereocenters. The molecule has 0 saturated carbocycles. The van der Waals surface area contributed by atoms with Crippen molar-refractivity contribution in [1.82, 2.24) is 4.37 Å². The van der Waals surface area contributed by atoms with Gasteiger partial charge in [-0.15, -0.1) is 0 Å². The molecule has 3 nitrogen and oxygen atoms in total. The SMILES string of the molecule is CC(=O)c1c(C)nsc1NCCc1ccsc1. The van der Waals surface area contributed by atoms with Crippen LogP contribution in [-0.4, -0.2) is 16.7 Å². The summed E-state index contributed by atoms with van der Waals surface area (Å²) in [5.41, 5.74) is 2.88. The molecule has 2 heterocycles. The van der Waals surface area contributed by atoms with Crippen LogP contribution < -0.4 is 5.32 Å². The van der Waals surface area contributed by atoms with E-state index in [0.717, 1.165) is 29.2 Å². The lowest BCUT2D eigenvalue weighted by Crippen LogP contribution is -2.06. The molecule has 2 aromatic rings. The zero-order valence-electron chi connectivity index (χ0n) is 9.82. The van der Waals surface area contributed by atoms with Gasteiger partial charge in [-0.25, -0.2) is 0 Å². The molecule has 0 amide bonds. The van der Waals surface area contributed by atoms with Gasteiger partial charge in [-0.05, 0) is 54.2 Å². The second-order valence-electron chi connectivity index (χ2n) is 3.84. The number of anilines is 1. The van der Waals surface area contributed by atoms with Gasteiger partial charge in [0.1, 0.15) is 5.00 Å². The van der Waals surface area contributed by atoms with E-state index in [2.05, 4.69) is 26.5 Å². The maximum Gasteiger partial charge on any atom is 0.164 e. The van der Waals surface area contributed by atoms with Crippen molar-refractivity contribution in [2.45, 2.75) is 20.3 Å². The van der Waals surface area contributed by atoms with Crippen LogP contribution >= 0.6 is 22.9 Å². The number of carbonyl (C=O) groups excluding carboxylic acids is 1. The van der Waals surface area contributed by atoms with Crippen molar-refractivity contribution in [3.63, 3.8) is 0 Å². The maximum atomic E-state index is 11.5. The summed E-state index contributed by atoms with van der Waals surface area (Å²) in [5, 5.41) is 8.41. The number of carbonyl (C=O) groups is 1. The van der Waals surface area contributed by atoms with Gasteiger partial charge in [-0.1, -0.05) is 0 Å². The van der Waals surface area contributed by atoms with Crippen molar-refractivity contribution < 1.29 is 4.79 Å². The summed E-state index contributed by atoms with van der Waals surface area (Å²) in [7, 11) is 0. The molecular formula is C12H14N2OS2. The van der Waals surface area contributed by atoms with Crippen molar-refractivity contribution >= 4 is 33.7 Å². The number of hydrogen-bond acceptors (Lipinski definition) is 5. The van der Waals surface area contributed by atoms with Crippen LogP contribution in [0.4, 0.5) is 5.00 Å². The Morgan fingerprint density at radius 1 is 1.53 bits per heavy atom. The molecule has 0 aliphatic heterocycles. The summed E-state index contributed by atoms with van der Waals surface area (Å²) in [6.07, 6.45) is 0.970. The Bertz CT molecular complexity index is 503. The molecule has 0 aliphatic carbocycles. The van der Waals surface area contributed by atoms with E-state index in [-0.39, 0.29) is 5.78 Å². The highest BCUT2D eigenvalue weighted by Gasteiger charge is 2.14. The van der Waals surface area contributed by atoms with E-state index < -0.39 is 0 Å². The highest BCUT2D eigenvalue weighted by atomic mass is 32.1. The molecule has 0 saturated heterocycles. The summed E-state index contributed by atoms with van der Waals surface area (Å²) in [6, 6.07) is 2.12. The van der Waals surface area contributed by atoms with Gasteiger partial charge in [0.2, 0.25) is 0 Å². The summed E-state index contributed by atoms with van der Waals surface area (Å²) < 4.78 is 4.21. The van der Waals surface area contributed by atoms with Crippen LogP contribution in [0.3, 0.4) is 0 Å². The molecule has 0 bridgehead atoms. The van der Waals surface area contributed by atoms with E-state index in [0.29, 0.717) is 0 Å². The standard InChI is InChI=1S/C12H14N2OS2/c1-8-11(9(2)15)12(17-14-8)13-5-3-10-4-6-16-7-10/h4,6-7,13H,3,5H2,1-2H3. The Hall–Kier alpha value is -1.20. The van der Waals surface area contributed by atoms with Crippen LogP contribution in [0, 0.1) is 6.92 Å². The predicted octanol–water partition coefficient (Wildman–Crippen LogP) is 3.37. The Kier molecular flexibility index (Phi) is 3.91. The first-order chi connectivity index (χ1) is 8.18. The molecule has 2 rings (SSSR count). The monoisotopic (exact) mass is 266 g/mol. The number of ketones is 1. The zero-order chi connectivity index (χ0) is 12.3. The topological polar surface area (TPSA) is 42.0 Å². The minimum absolute atomic E-state index is 0.0780. The van der Waals surface area contributed by atoms with Crippen LogP contribution in [0.2, 0.25) is 0 Å². The lowest BCUT2D eigenvalue weighted by molar-refractivity contribution is 0.101. The predicted molar refractivity (Wildman–Crippen MR) is 73.4 cm³/mol. The van der Waals surface area contributed by atoms with E-state index in [1.165, 1.54) is 17.1 Å². The molecule has 17 heavy (non-hydrogen) atoms. The Morgan fingerprint density at radius 3 is 3.00 bits per heavy atom. The van der Waals surface area contributed by atoms with Gasteiger partial charge >= 0.3 is 0 Å². The summed E-state index contributed by atoms with van der Waals surface area (Å²) in [6.45, 7) is 4.29. The maximum absolute atomic E-state index is 11.5. The number of Topliss-reactive ketones (excluding diaryl/α,β-unsaturated/α-hetero) is 1. The van der Waals surface area contributed by atoms with Crippen LogP contribution in [0.5, 0.6) is 0 Å². The fourth-order valence-electron chi connectivity index (χ4n) is 1.66. The average molecular weight is 266 g/mol. The van der Waals surface area contributed by atoms with E-state index in [9.17, 15) is 4.79 Å². The van der Waals surface area contributed by atoms with E-state index in [1.54, 1.807) is 18.3 Å². The fourth-order valence-corrected chi connectivity index (χ4v) is 3.23. The first-order valence-electron chi connectivity index (χ1n) is 5.40. The smallest absolute Gasteiger partial charge is 0.164 e. The molecule has 0 atom stereocenters. The second-order valence-corrected chi connectivity index (χ2v) is 5.39. The third-order valence-corrected chi connectivity index (χ3v) is 4.12. The molecule has 0 radical (unpaired) electrons. The van der Waals surface area contributed by atoms with Crippen molar-refractivity contribution in [3.8, 4) is 0 Å². The Morgan fingerprint density at radius 2 is 2.35 bits per heavy atom. The van der Waals surface area contributed by atoms with Gasteiger partial charge in [0.15, 0.2) is 5.78 Å². The highest BCUT2D eigenvalue weighted by molar-refractivity contribution is 7.10. The molecular weight excluding hydrogens is 252 g/mol. The second kappa shape index (κ2) is 5.42. The molecule has 2 aromatic heterocycles. The number of nitrogens with one attached hydrogen (secondary N) is 1. The summed E-state index contributed by atoms with van der Waals surface area (Å²) >= 11 is 3.07. The summed E-state index contributed by atoms with van der Waals surface area (Å²) in [4.78, 5) is 11.5. The fraction of sp³-hybridized carbons (Fsp3) is 0.333. The van der Waals surface area contributed by atoms with Gasteiger partial charge in [0, 0.05) is 6.54 Å². The van der Waals surface area contributed by atoms with Gasteiger partial charge in [-0.2, -0.15) is 15.7 Å². The highest BCUT2D eigenvalue weighted by Crippen LogP contribution is 2.24. The van der Waals surface area contributed by atoms with E-state index in [1.807, 2.05) is 6.92 Å². The van der Waals surface area contributed by atoms with Crippen LogP contribution in [0.15, 0.2) is 16.8 Å². The molecule has 0 fully saturated rings. The van der Waals surface area contributed by atoms with Gasteiger partial charge in [0.25, 0.3) is 0 Å². The summed E-state index contributed by atoms with van der Waals surface area (Å²) in [5.74, 6) is 0.0780. The average Bonchev–Trinajstić information content (AvgIpc) is 2.88. The van der Waals surface area contributed by atoms with Crippen LogP contribution in [0.1, 0.15) is 28.5 Å². The van der Waals surface area contributed by atoms with Gasteiger partial charge in [0.05, 0.1) is 11.3 Å². The first-order valence-corrected chi connectivity index (χ1v) is 7.12. The lowest BCUT2D eigenvalue weighted by Gasteiger charge is -2.04. The molecule has 90 valence electrons. The number of aromatic nitrogens is 1.